The Labute approximate surface area is 116 Å². The molecular weight excluding hydrogens is 262 g/mol. The number of para-hydroxylation sites is 1. The highest BCUT2D eigenvalue weighted by molar-refractivity contribution is 6.34. The molecule has 0 bridgehead atoms. The summed E-state index contributed by atoms with van der Waals surface area (Å²) in [5.41, 5.74) is 1.63. The third-order valence-corrected chi connectivity index (χ3v) is 3.42. The van der Waals surface area contributed by atoms with Crippen LogP contribution in [0.15, 0.2) is 40.9 Å². The maximum Gasteiger partial charge on any atom is 0.152 e. The van der Waals surface area contributed by atoms with Gasteiger partial charge in [-0.1, -0.05) is 23.7 Å². The monoisotopic (exact) mass is 275 g/mol. The minimum absolute atomic E-state index is 0.0790. The topological polar surface area (TPSA) is 43.0 Å². The molecule has 1 N–H and O–H groups in total. The first-order chi connectivity index (χ1) is 9.19. The molecule has 0 radical (unpaired) electrons. The first-order valence-corrected chi connectivity index (χ1v) is 6.41. The Hall–Kier alpha value is -1.78. The molecule has 0 amide bonds. The summed E-state index contributed by atoms with van der Waals surface area (Å²) >= 11 is 6.13. The van der Waals surface area contributed by atoms with E-state index in [2.05, 4.69) is 10.4 Å². The standard InChI is InChI=1S/C14H14ClN3O/c1-16-13(11-6-7-18(2)17-11)12-8-9-4-3-5-10(15)14(9)19-12/h3-8,13,16H,1-2H3. The molecule has 0 aliphatic rings. The van der Waals surface area contributed by atoms with Crippen molar-refractivity contribution < 1.29 is 4.42 Å². The fraction of sp³-hybridized carbons (Fsp3) is 0.214. The zero-order valence-electron chi connectivity index (χ0n) is 10.7. The van der Waals surface area contributed by atoms with Crippen molar-refractivity contribution in [2.45, 2.75) is 6.04 Å². The summed E-state index contributed by atoms with van der Waals surface area (Å²) in [6.45, 7) is 0. The van der Waals surface area contributed by atoms with E-state index in [1.807, 2.05) is 50.6 Å². The molecule has 0 spiro atoms. The minimum Gasteiger partial charge on any atom is -0.457 e. The van der Waals surface area contributed by atoms with Crippen LogP contribution in [0.1, 0.15) is 17.5 Å². The number of hydrogen-bond acceptors (Lipinski definition) is 3. The molecule has 2 heterocycles. The first kappa shape index (κ1) is 12.3. The molecule has 0 saturated carbocycles. The minimum atomic E-state index is -0.0790. The van der Waals surface area contributed by atoms with Crippen LogP contribution in [-0.2, 0) is 7.05 Å². The average Bonchev–Trinajstić information content (AvgIpc) is 2.98. The van der Waals surface area contributed by atoms with Gasteiger partial charge in [0.25, 0.3) is 0 Å². The van der Waals surface area contributed by atoms with E-state index in [0.29, 0.717) is 5.02 Å². The van der Waals surface area contributed by atoms with Crippen LogP contribution in [-0.4, -0.2) is 16.8 Å². The highest BCUT2D eigenvalue weighted by Crippen LogP contribution is 2.31. The zero-order valence-corrected chi connectivity index (χ0v) is 11.5. The van der Waals surface area contributed by atoms with Crippen LogP contribution in [0.4, 0.5) is 0 Å². The fourth-order valence-corrected chi connectivity index (χ4v) is 2.43. The second kappa shape index (κ2) is 4.72. The Morgan fingerprint density at radius 2 is 2.21 bits per heavy atom. The molecule has 1 aromatic carbocycles. The molecule has 3 aromatic rings. The lowest BCUT2D eigenvalue weighted by atomic mass is 10.1. The Bertz CT molecular complexity index is 716. The van der Waals surface area contributed by atoms with Gasteiger partial charge >= 0.3 is 0 Å². The lowest BCUT2D eigenvalue weighted by Crippen LogP contribution is -2.17. The second-order valence-electron chi connectivity index (χ2n) is 4.44. The number of benzene rings is 1. The van der Waals surface area contributed by atoms with Gasteiger partial charge in [-0.15, -0.1) is 0 Å². The third-order valence-electron chi connectivity index (χ3n) is 3.12. The number of rotatable bonds is 3. The maximum atomic E-state index is 6.13. The predicted octanol–water partition coefficient (Wildman–Crippen LogP) is 3.13. The summed E-state index contributed by atoms with van der Waals surface area (Å²) in [7, 11) is 3.78. The zero-order chi connectivity index (χ0) is 13.4. The third kappa shape index (κ3) is 2.13. The van der Waals surface area contributed by atoms with Crippen LogP contribution in [0.25, 0.3) is 11.0 Å². The van der Waals surface area contributed by atoms with E-state index >= 15 is 0 Å². The number of hydrogen-bond donors (Lipinski definition) is 1. The molecule has 0 aliphatic carbocycles. The molecule has 2 aromatic heterocycles. The number of furan rings is 1. The number of fused-ring (bicyclic) bond motifs is 1. The first-order valence-electron chi connectivity index (χ1n) is 6.04. The van der Waals surface area contributed by atoms with Gasteiger partial charge in [0, 0.05) is 18.6 Å². The molecule has 0 aliphatic heterocycles. The summed E-state index contributed by atoms with van der Waals surface area (Å²) in [6.07, 6.45) is 1.91. The van der Waals surface area contributed by atoms with Crippen molar-refractivity contribution in [2.75, 3.05) is 7.05 Å². The van der Waals surface area contributed by atoms with E-state index in [1.54, 1.807) is 4.68 Å². The lowest BCUT2D eigenvalue weighted by molar-refractivity contribution is 0.483. The highest BCUT2D eigenvalue weighted by Gasteiger charge is 2.19. The van der Waals surface area contributed by atoms with E-state index < -0.39 is 0 Å². The van der Waals surface area contributed by atoms with Gasteiger partial charge < -0.3 is 9.73 Å². The van der Waals surface area contributed by atoms with Crippen molar-refractivity contribution >= 4 is 22.6 Å². The molecule has 3 rings (SSSR count). The number of nitrogens with one attached hydrogen (secondary N) is 1. The van der Waals surface area contributed by atoms with Crippen molar-refractivity contribution in [1.29, 1.82) is 0 Å². The SMILES string of the molecule is CNC(c1ccn(C)n1)c1cc2cccc(Cl)c2o1. The van der Waals surface area contributed by atoms with E-state index in [0.717, 1.165) is 22.4 Å². The van der Waals surface area contributed by atoms with Crippen LogP contribution >= 0.6 is 11.6 Å². The van der Waals surface area contributed by atoms with Gasteiger partial charge in [0.05, 0.1) is 10.7 Å². The van der Waals surface area contributed by atoms with Gasteiger partial charge in [0.2, 0.25) is 0 Å². The summed E-state index contributed by atoms with van der Waals surface area (Å²) in [6, 6.07) is 9.61. The van der Waals surface area contributed by atoms with Gasteiger partial charge in [-0.3, -0.25) is 4.68 Å². The normalized spacial score (nSPS) is 13.0. The summed E-state index contributed by atoms with van der Waals surface area (Å²) < 4.78 is 7.64. The lowest BCUT2D eigenvalue weighted by Gasteiger charge is -2.10. The largest absolute Gasteiger partial charge is 0.457 e. The van der Waals surface area contributed by atoms with Crippen molar-refractivity contribution in [3.05, 3.63) is 53.0 Å². The van der Waals surface area contributed by atoms with Gasteiger partial charge in [-0.25, -0.2) is 0 Å². The van der Waals surface area contributed by atoms with Crippen molar-refractivity contribution in [3.8, 4) is 0 Å². The Balaban J connectivity index is 2.09. The van der Waals surface area contributed by atoms with Crippen molar-refractivity contribution in [1.82, 2.24) is 15.1 Å². The Kier molecular flexibility index (Phi) is 3.05. The van der Waals surface area contributed by atoms with Gasteiger partial charge in [0.1, 0.15) is 11.8 Å². The van der Waals surface area contributed by atoms with Crippen LogP contribution in [0.2, 0.25) is 5.02 Å². The number of nitrogens with zero attached hydrogens (tertiary/aromatic N) is 2. The van der Waals surface area contributed by atoms with Crippen molar-refractivity contribution in [2.24, 2.45) is 7.05 Å². The maximum absolute atomic E-state index is 6.13. The molecule has 0 fully saturated rings. The quantitative estimate of drug-likeness (QED) is 0.799. The van der Waals surface area contributed by atoms with Gasteiger partial charge in [-0.05, 0) is 25.2 Å². The Morgan fingerprint density at radius 1 is 1.37 bits per heavy atom. The smallest absolute Gasteiger partial charge is 0.152 e. The van der Waals surface area contributed by atoms with Crippen LogP contribution in [0.5, 0.6) is 0 Å². The molecular formula is C14H14ClN3O. The van der Waals surface area contributed by atoms with Crippen molar-refractivity contribution in [3.63, 3.8) is 0 Å². The number of halogens is 1. The number of aryl methyl sites for hydroxylation is 1. The van der Waals surface area contributed by atoms with E-state index in [4.69, 9.17) is 16.0 Å². The summed E-state index contributed by atoms with van der Waals surface area (Å²) in [5, 5.41) is 9.25. The van der Waals surface area contributed by atoms with Gasteiger partial charge in [-0.2, -0.15) is 5.10 Å². The van der Waals surface area contributed by atoms with Crippen LogP contribution < -0.4 is 5.32 Å². The van der Waals surface area contributed by atoms with E-state index in [1.165, 1.54) is 0 Å². The van der Waals surface area contributed by atoms with Gasteiger partial charge in [0.15, 0.2) is 5.58 Å². The Morgan fingerprint density at radius 3 is 2.84 bits per heavy atom. The summed E-state index contributed by atoms with van der Waals surface area (Å²) in [4.78, 5) is 0. The molecule has 4 nitrogen and oxygen atoms in total. The second-order valence-corrected chi connectivity index (χ2v) is 4.85. The van der Waals surface area contributed by atoms with E-state index in [9.17, 15) is 0 Å². The molecule has 0 saturated heterocycles. The molecule has 1 unspecified atom stereocenters. The molecule has 19 heavy (non-hydrogen) atoms. The fourth-order valence-electron chi connectivity index (χ4n) is 2.21. The van der Waals surface area contributed by atoms with E-state index in [-0.39, 0.29) is 6.04 Å². The molecule has 5 heteroatoms. The van der Waals surface area contributed by atoms with Crippen LogP contribution in [0.3, 0.4) is 0 Å². The predicted molar refractivity (Wildman–Crippen MR) is 75.3 cm³/mol. The highest BCUT2D eigenvalue weighted by atomic mass is 35.5. The molecule has 1 atom stereocenters. The summed E-state index contributed by atoms with van der Waals surface area (Å²) in [5.74, 6) is 0.810. The number of aromatic nitrogens is 2. The average molecular weight is 276 g/mol. The van der Waals surface area contributed by atoms with Crippen LogP contribution in [0, 0.1) is 0 Å². The molecule has 98 valence electrons.